The normalized spacial score (nSPS) is 12.5. The second kappa shape index (κ2) is 7.35. The largest absolute Gasteiger partial charge is 0.496 e. The minimum absolute atomic E-state index is 0.213. The van der Waals surface area contributed by atoms with Crippen molar-refractivity contribution >= 4 is 6.09 Å². The highest BCUT2D eigenvalue weighted by Gasteiger charge is 2.21. The Morgan fingerprint density at radius 1 is 1.23 bits per heavy atom. The molecule has 3 N–H and O–H groups in total. The molecule has 0 aliphatic heterocycles. The number of amides is 1. The zero-order valence-electron chi connectivity index (χ0n) is 14.1. The summed E-state index contributed by atoms with van der Waals surface area (Å²) >= 11 is 0. The lowest BCUT2D eigenvalue weighted by molar-refractivity contribution is 0.0524. The fourth-order valence-corrected chi connectivity index (χ4v) is 2.04. The lowest BCUT2D eigenvalue weighted by Gasteiger charge is -2.22. The topological polar surface area (TPSA) is 82.8 Å². The molecule has 0 spiro atoms. The van der Waals surface area contributed by atoms with Gasteiger partial charge in [-0.2, -0.15) is 0 Å². The van der Waals surface area contributed by atoms with Crippen molar-refractivity contribution in [1.29, 1.82) is 0 Å². The SMILES string of the molecule is COc1cc(C)cc(OC)c1C(N)CNC(=O)OC(C)(C)C. The Morgan fingerprint density at radius 2 is 1.73 bits per heavy atom. The summed E-state index contributed by atoms with van der Waals surface area (Å²) in [7, 11) is 3.15. The van der Waals surface area contributed by atoms with Gasteiger partial charge in [-0.15, -0.1) is 0 Å². The first-order valence-corrected chi connectivity index (χ1v) is 7.13. The summed E-state index contributed by atoms with van der Waals surface area (Å²) in [6.07, 6.45) is -0.506. The number of carbonyl (C=O) groups is 1. The molecule has 0 saturated carbocycles. The predicted molar refractivity (Wildman–Crippen MR) is 85.4 cm³/mol. The first kappa shape index (κ1) is 18.1. The van der Waals surface area contributed by atoms with Gasteiger partial charge >= 0.3 is 6.09 Å². The molecule has 6 heteroatoms. The maximum Gasteiger partial charge on any atom is 0.407 e. The van der Waals surface area contributed by atoms with Gasteiger partial charge in [0.05, 0.1) is 25.8 Å². The number of nitrogens with two attached hydrogens (primary N) is 1. The van der Waals surface area contributed by atoms with Crippen molar-refractivity contribution in [3.63, 3.8) is 0 Å². The van der Waals surface area contributed by atoms with Crippen LogP contribution in [0.3, 0.4) is 0 Å². The molecular formula is C16H26N2O4. The van der Waals surface area contributed by atoms with Gasteiger partial charge < -0.3 is 25.3 Å². The van der Waals surface area contributed by atoms with Crippen LogP contribution in [0.5, 0.6) is 11.5 Å². The molecule has 1 aromatic carbocycles. The Kier molecular flexibility index (Phi) is 6.05. The summed E-state index contributed by atoms with van der Waals surface area (Å²) in [5.41, 5.74) is 7.35. The van der Waals surface area contributed by atoms with Gasteiger partial charge in [-0.05, 0) is 45.4 Å². The van der Waals surface area contributed by atoms with Gasteiger partial charge in [-0.3, -0.25) is 0 Å². The summed E-state index contributed by atoms with van der Waals surface area (Å²) in [6, 6.07) is 3.29. The monoisotopic (exact) mass is 310 g/mol. The second-order valence-corrected chi connectivity index (χ2v) is 6.07. The maximum atomic E-state index is 11.7. The molecule has 0 aliphatic rings. The van der Waals surface area contributed by atoms with E-state index in [-0.39, 0.29) is 6.54 Å². The summed E-state index contributed by atoms with van der Waals surface area (Å²) in [4.78, 5) is 11.7. The Morgan fingerprint density at radius 3 is 2.14 bits per heavy atom. The molecule has 1 amide bonds. The third-order valence-corrected chi connectivity index (χ3v) is 2.92. The molecule has 1 atom stereocenters. The zero-order chi connectivity index (χ0) is 16.9. The van der Waals surface area contributed by atoms with Gasteiger partial charge in [0.15, 0.2) is 0 Å². The Labute approximate surface area is 131 Å². The first-order chi connectivity index (χ1) is 10.2. The maximum absolute atomic E-state index is 11.7. The van der Waals surface area contributed by atoms with E-state index in [0.29, 0.717) is 17.1 Å². The van der Waals surface area contributed by atoms with Crippen molar-refractivity contribution in [3.8, 4) is 11.5 Å². The molecule has 0 aliphatic carbocycles. The summed E-state index contributed by atoms with van der Waals surface area (Å²) in [6.45, 7) is 7.57. The third kappa shape index (κ3) is 5.11. The smallest absolute Gasteiger partial charge is 0.407 e. The highest BCUT2D eigenvalue weighted by Crippen LogP contribution is 2.34. The van der Waals surface area contributed by atoms with E-state index < -0.39 is 17.7 Å². The minimum Gasteiger partial charge on any atom is -0.496 e. The van der Waals surface area contributed by atoms with E-state index in [1.54, 1.807) is 35.0 Å². The number of ether oxygens (including phenoxy) is 3. The highest BCUT2D eigenvalue weighted by molar-refractivity contribution is 5.67. The molecular weight excluding hydrogens is 284 g/mol. The summed E-state index contributed by atoms with van der Waals surface area (Å²) in [5, 5.41) is 2.66. The van der Waals surface area contributed by atoms with Gasteiger partial charge in [-0.1, -0.05) is 0 Å². The molecule has 1 rings (SSSR count). The number of alkyl carbamates (subject to hydrolysis) is 1. The predicted octanol–water partition coefficient (Wildman–Crippen LogP) is 2.54. The molecule has 0 saturated heterocycles. The van der Waals surface area contributed by atoms with Crippen LogP contribution in [-0.4, -0.2) is 32.5 Å². The quantitative estimate of drug-likeness (QED) is 0.873. The molecule has 22 heavy (non-hydrogen) atoms. The Balaban J connectivity index is 2.85. The zero-order valence-corrected chi connectivity index (χ0v) is 14.1. The standard InChI is InChI=1S/C16H26N2O4/c1-10-7-12(20-5)14(13(8-10)21-6)11(17)9-18-15(19)22-16(2,3)4/h7-8,11H,9,17H2,1-6H3,(H,18,19). The number of nitrogens with one attached hydrogen (secondary N) is 1. The van der Waals surface area contributed by atoms with E-state index in [0.717, 1.165) is 5.56 Å². The van der Waals surface area contributed by atoms with E-state index in [4.69, 9.17) is 19.9 Å². The molecule has 0 bridgehead atoms. The number of hydrogen-bond donors (Lipinski definition) is 2. The van der Waals surface area contributed by atoms with Crippen molar-refractivity contribution in [3.05, 3.63) is 23.3 Å². The lowest BCUT2D eigenvalue weighted by atomic mass is 10.0. The lowest BCUT2D eigenvalue weighted by Crippen LogP contribution is -2.36. The van der Waals surface area contributed by atoms with Crippen molar-refractivity contribution < 1.29 is 19.0 Å². The van der Waals surface area contributed by atoms with Crippen LogP contribution < -0.4 is 20.5 Å². The van der Waals surface area contributed by atoms with E-state index in [2.05, 4.69) is 5.32 Å². The van der Waals surface area contributed by atoms with Crippen LogP contribution in [0.15, 0.2) is 12.1 Å². The molecule has 0 heterocycles. The fraction of sp³-hybridized carbons (Fsp3) is 0.562. The molecule has 0 fully saturated rings. The van der Waals surface area contributed by atoms with E-state index in [9.17, 15) is 4.79 Å². The molecule has 124 valence electrons. The highest BCUT2D eigenvalue weighted by atomic mass is 16.6. The van der Waals surface area contributed by atoms with E-state index in [1.807, 2.05) is 19.1 Å². The van der Waals surface area contributed by atoms with Crippen LogP contribution in [0.2, 0.25) is 0 Å². The van der Waals surface area contributed by atoms with Gasteiger partial charge in [-0.25, -0.2) is 4.79 Å². The van der Waals surface area contributed by atoms with Gasteiger partial charge in [0.25, 0.3) is 0 Å². The third-order valence-electron chi connectivity index (χ3n) is 2.92. The molecule has 6 nitrogen and oxygen atoms in total. The van der Waals surface area contributed by atoms with Gasteiger partial charge in [0.2, 0.25) is 0 Å². The number of benzene rings is 1. The van der Waals surface area contributed by atoms with Crippen LogP contribution in [-0.2, 0) is 4.74 Å². The molecule has 0 aromatic heterocycles. The van der Waals surface area contributed by atoms with Crippen LogP contribution in [0.4, 0.5) is 4.79 Å². The van der Waals surface area contributed by atoms with E-state index in [1.165, 1.54) is 0 Å². The number of methoxy groups -OCH3 is 2. The van der Waals surface area contributed by atoms with Crippen LogP contribution in [0, 0.1) is 6.92 Å². The van der Waals surface area contributed by atoms with Crippen LogP contribution in [0.25, 0.3) is 0 Å². The van der Waals surface area contributed by atoms with Crippen molar-refractivity contribution in [2.75, 3.05) is 20.8 Å². The summed E-state index contributed by atoms with van der Waals surface area (Å²) < 4.78 is 15.9. The molecule has 0 radical (unpaired) electrons. The number of hydrogen-bond acceptors (Lipinski definition) is 5. The minimum atomic E-state index is -0.548. The first-order valence-electron chi connectivity index (χ1n) is 7.13. The number of carbonyl (C=O) groups excluding carboxylic acids is 1. The summed E-state index contributed by atoms with van der Waals surface area (Å²) in [5.74, 6) is 1.27. The Bertz CT molecular complexity index is 498. The van der Waals surface area contributed by atoms with Crippen molar-refractivity contribution in [2.45, 2.75) is 39.3 Å². The fourth-order valence-electron chi connectivity index (χ4n) is 2.04. The van der Waals surface area contributed by atoms with Crippen LogP contribution in [0.1, 0.15) is 37.9 Å². The molecule has 1 unspecified atom stereocenters. The average molecular weight is 310 g/mol. The average Bonchev–Trinajstić information content (AvgIpc) is 2.41. The second-order valence-electron chi connectivity index (χ2n) is 6.07. The van der Waals surface area contributed by atoms with Crippen molar-refractivity contribution in [1.82, 2.24) is 5.32 Å². The molecule has 1 aromatic rings. The van der Waals surface area contributed by atoms with Crippen molar-refractivity contribution in [2.24, 2.45) is 5.73 Å². The number of rotatable bonds is 5. The van der Waals surface area contributed by atoms with Gasteiger partial charge in [0.1, 0.15) is 17.1 Å². The van der Waals surface area contributed by atoms with Gasteiger partial charge in [0, 0.05) is 6.54 Å². The number of aryl methyl sites for hydroxylation is 1. The van der Waals surface area contributed by atoms with E-state index >= 15 is 0 Å². The van der Waals surface area contributed by atoms with Crippen LogP contribution >= 0.6 is 0 Å². The Hall–Kier alpha value is -1.95.